The Morgan fingerprint density at radius 1 is 1.28 bits per heavy atom. The summed E-state index contributed by atoms with van der Waals surface area (Å²) in [5.74, 6) is 0. The van der Waals surface area contributed by atoms with E-state index >= 15 is 0 Å². The predicted molar refractivity (Wildman–Crippen MR) is 59.9 cm³/mol. The molecule has 5 heteroatoms. The van der Waals surface area contributed by atoms with Gasteiger partial charge in [0, 0.05) is 0 Å². The van der Waals surface area contributed by atoms with Gasteiger partial charge in [0.05, 0.1) is 12.7 Å². The van der Waals surface area contributed by atoms with Crippen LogP contribution >= 0.6 is 0 Å². The smallest absolute Gasteiger partial charge is 0.378 e. The first-order chi connectivity index (χ1) is 8.43. The van der Waals surface area contributed by atoms with Crippen molar-refractivity contribution >= 4 is 0 Å². The minimum atomic E-state index is -4.63. The quantitative estimate of drug-likeness (QED) is 0.905. The molecule has 1 aromatic carbocycles. The zero-order valence-electron chi connectivity index (χ0n) is 9.78. The Bertz CT molecular complexity index is 391. The highest BCUT2D eigenvalue weighted by atomic mass is 19.4. The number of hydrogen-bond acceptors (Lipinski definition) is 2. The molecule has 2 unspecified atom stereocenters. The highest BCUT2D eigenvalue weighted by Gasteiger charge is 2.61. The van der Waals surface area contributed by atoms with E-state index in [0.717, 1.165) is 5.56 Å². The van der Waals surface area contributed by atoms with Gasteiger partial charge in [-0.15, -0.1) is 0 Å². The Labute approximate surface area is 103 Å². The number of rotatable bonds is 3. The van der Waals surface area contributed by atoms with E-state index < -0.39 is 17.9 Å². The van der Waals surface area contributed by atoms with Gasteiger partial charge in [0.2, 0.25) is 0 Å². The first-order valence-electron chi connectivity index (χ1n) is 5.88. The van der Waals surface area contributed by atoms with Crippen LogP contribution in [0.15, 0.2) is 30.3 Å². The highest BCUT2D eigenvalue weighted by molar-refractivity contribution is 5.13. The highest BCUT2D eigenvalue weighted by Crippen LogP contribution is 2.44. The first-order valence-corrected chi connectivity index (χ1v) is 5.88. The van der Waals surface area contributed by atoms with Crippen LogP contribution in [0.5, 0.6) is 0 Å². The van der Waals surface area contributed by atoms with Gasteiger partial charge in [0.25, 0.3) is 0 Å². The molecule has 0 aromatic heterocycles. The van der Waals surface area contributed by atoms with E-state index in [-0.39, 0.29) is 19.4 Å². The minimum Gasteiger partial charge on any atom is -0.378 e. The van der Waals surface area contributed by atoms with Crippen molar-refractivity contribution in [1.82, 2.24) is 0 Å². The summed E-state index contributed by atoms with van der Waals surface area (Å²) in [6.45, 7) is 0.0872. The van der Waals surface area contributed by atoms with Gasteiger partial charge in [-0.05, 0) is 24.8 Å². The van der Waals surface area contributed by atoms with Gasteiger partial charge in [0.15, 0.2) is 5.60 Å². The van der Waals surface area contributed by atoms with Crippen LogP contribution in [-0.4, -0.2) is 23.0 Å². The summed E-state index contributed by atoms with van der Waals surface area (Å²) in [6.07, 6.45) is -5.52. The monoisotopic (exact) mass is 260 g/mol. The molecule has 0 bridgehead atoms. The fraction of sp³-hybridized carbons (Fsp3) is 0.538. The van der Waals surface area contributed by atoms with E-state index in [1.807, 2.05) is 6.07 Å². The van der Waals surface area contributed by atoms with Gasteiger partial charge < -0.3 is 9.84 Å². The van der Waals surface area contributed by atoms with Gasteiger partial charge in [-0.25, -0.2) is 0 Å². The average molecular weight is 260 g/mol. The van der Waals surface area contributed by atoms with Gasteiger partial charge in [0.1, 0.15) is 0 Å². The van der Waals surface area contributed by atoms with Gasteiger partial charge in [-0.2, -0.15) is 13.2 Å². The molecule has 0 amide bonds. The van der Waals surface area contributed by atoms with Crippen molar-refractivity contribution < 1.29 is 23.0 Å². The van der Waals surface area contributed by atoms with Crippen LogP contribution in [0.1, 0.15) is 24.8 Å². The largest absolute Gasteiger partial charge is 0.419 e. The fourth-order valence-corrected chi connectivity index (χ4v) is 2.27. The number of hydrogen-bond donors (Lipinski definition) is 1. The summed E-state index contributed by atoms with van der Waals surface area (Å²) in [6, 6.07) is 8.97. The van der Waals surface area contributed by atoms with E-state index in [0.29, 0.717) is 6.42 Å². The van der Waals surface area contributed by atoms with Crippen molar-refractivity contribution in [3.05, 3.63) is 35.9 Å². The zero-order valence-corrected chi connectivity index (χ0v) is 9.78. The van der Waals surface area contributed by atoms with Crippen molar-refractivity contribution in [3.63, 3.8) is 0 Å². The maximum absolute atomic E-state index is 12.8. The molecule has 2 rings (SSSR count). The maximum atomic E-state index is 12.8. The molecular formula is C13H15F3O2. The van der Waals surface area contributed by atoms with Crippen molar-refractivity contribution in [2.75, 3.05) is 0 Å². The van der Waals surface area contributed by atoms with E-state index in [9.17, 15) is 18.3 Å². The molecule has 0 saturated heterocycles. The van der Waals surface area contributed by atoms with Crippen LogP contribution in [-0.2, 0) is 11.3 Å². The van der Waals surface area contributed by atoms with Crippen LogP contribution in [0.4, 0.5) is 13.2 Å². The second-order valence-electron chi connectivity index (χ2n) is 4.60. The molecule has 1 aliphatic carbocycles. The molecule has 100 valence electrons. The maximum Gasteiger partial charge on any atom is 0.419 e. The third-order valence-electron chi connectivity index (χ3n) is 3.34. The summed E-state index contributed by atoms with van der Waals surface area (Å²) in [5.41, 5.74) is -1.89. The van der Waals surface area contributed by atoms with E-state index in [2.05, 4.69) is 0 Å². The van der Waals surface area contributed by atoms with E-state index in [1.165, 1.54) is 0 Å². The lowest BCUT2D eigenvalue weighted by atomic mass is 9.99. The fourth-order valence-electron chi connectivity index (χ4n) is 2.27. The van der Waals surface area contributed by atoms with Crippen LogP contribution in [0.2, 0.25) is 0 Å². The van der Waals surface area contributed by atoms with Gasteiger partial charge in [-0.1, -0.05) is 30.3 Å². The average Bonchev–Trinajstić information content (AvgIpc) is 2.70. The molecule has 1 aliphatic rings. The van der Waals surface area contributed by atoms with Crippen LogP contribution < -0.4 is 0 Å². The number of halogens is 3. The molecule has 0 aliphatic heterocycles. The Morgan fingerprint density at radius 3 is 2.56 bits per heavy atom. The normalized spacial score (nSPS) is 28.6. The molecule has 1 N–H and O–H groups in total. The molecule has 0 radical (unpaired) electrons. The second-order valence-corrected chi connectivity index (χ2v) is 4.60. The van der Waals surface area contributed by atoms with Crippen LogP contribution in [0.25, 0.3) is 0 Å². The molecule has 18 heavy (non-hydrogen) atoms. The molecule has 2 atom stereocenters. The van der Waals surface area contributed by atoms with E-state index in [1.54, 1.807) is 24.3 Å². The van der Waals surface area contributed by atoms with Crippen molar-refractivity contribution in [2.24, 2.45) is 0 Å². The Kier molecular flexibility index (Phi) is 3.64. The van der Waals surface area contributed by atoms with Crippen molar-refractivity contribution in [1.29, 1.82) is 0 Å². The summed E-state index contributed by atoms with van der Waals surface area (Å²) >= 11 is 0. The molecule has 0 heterocycles. The molecule has 2 nitrogen and oxygen atoms in total. The predicted octanol–water partition coefficient (Wildman–Crippen LogP) is 3.05. The second kappa shape index (κ2) is 4.90. The lowest BCUT2D eigenvalue weighted by Crippen LogP contribution is -2.51. The molecular weight excluding hydrogens is 245 g/mol. The number of alkyl halides is 3. The van der Waals surface area contributed by atoms with Crippen LogP contribution in [0, 0.1) is 0 Å². The SMILES string of the molecule is OC1(C(F)(F)F)CCCC1OCc1ccccc1. The van der Waals surface area contributed by atoms with Crippen molar-refractivity contribution in [3.8, 4) is 0 Å². The summed E-state index contributed by atoms with van der Waals surface area (Å²) in [4.78, 5) is 0. The summed E-state index contributed by atoms with van der Waals surface area (Å²) < 4.78 is 43.6. The minimum absolute atomic E-state index is 0.0872. The van der Waals surface area contributed by atoms with Gasteiger partial charge >= 0.3 is 6.18 Å². The Balaban J connectivity index is 2.01. The molecule has 1 aromatic rings. The summed E-state index contributed by atoms with van der Waals surface area (Å²) in [5, 5.41) is 9.72. The third-order valence-corrected chi connectivity index (χ3v) is 3.34. The third kappa shape index (κ3) is 2.52. The Morgan fingerprint density at radius 2 is 1.94 bits per heavy atom. The van der Waals surface area contributed by atoms with Crippen molar-refractivity contribution in [2.45, 2.75) is 43.8 Å². The van der Waals surface area contributed by atoms with Gasteiger partial charge in [-0.3, -0.25) is 0 Å². The van der Waals surface area contributed by atoms with Crippen LogP contribution in [0.3, 0.4) is 0 Å². The standard InChI is InChI=1S/C13H15F3O2/c14-13(15,16)12(17)8-4-7-11(12)18-9-10-5-2-1-3-6-10/h1-3,5-6,11,17H,4,7-9H2. The lowest BCUT2D eigenvalue weighted by Gasteiger charge is -2.32. The zero-order chi connectivity index (χ0) is 13.2. The first kappa shape index (κ1) is 13.4. The number of benzene rings is 1. The number of aliphatic hydroxyl groups is 1. The molecule has 1 fully saturated rings. The van der Waals surface area contributed by atoms with E-state index in [4.69, 9.17) is 4.74 Å². The summed E-state index contributed by atoms with van der Waals surface area (Å²) in [7, 11) is 0. The lowest BCUT2D eigenvalue weighted by molar-refractivity contribution is -0.289. The molecule has 0 spiro atoms. The Hall–Kier alpha value is -1.07. The number of ether oxygens (including phenoxy) is 1. The topological polar surface area (TPSA) is 29.5 Å². The molecule has 1 saturated carbocycles.